The van der Waals surface area contributed by atoms with E-state index in [1.54, 1.807) is 6.07 Å². The van der Waals surface area contributed by atoms with E-state index >= 15 is 0 Å². The van der Waals surface area contributed by atoms with Gasteiger partial charge in [0.05, 0.1) is 27.4 Å². The third kappa shape index (κ3) is 2.49. The van der Waals surface area contributed by atoms with Gasteiger partial charge in [0.1, 0.15) is 0 Å². The van der Waals surface area contributed by atoms with Crippen molar-refractivity contribution in [1.82, 2.24) is 10.8 Å². The summed E-state index contributed by atoms with van der Waals surface area (Å²) in [5.41, 5.74) is 2.37. The van der Waals surface area contributed by atoms with Gasteiger partial charge in [-0.05, 0) is 18.2 Å². The van der Waals surface area contributed by atoms with Crippen molar-refractivity contribution in [1.29, 1.82) is 0 Å². The van der Waals surface area contributed by atoms with E-state index in [1.165, 1.54) is 33.5 Å². The Morgan fingerprint density at radius 2 is 1.88 bits per heavy atom. The summed E-state index contributed by atoms with van der Waals surface area (Å²) in [6, 6.07) is 3.24. The lowest BCUT2D eigenvalue weighted by atomic mass is 9.89. The minimum absolute atomic E-state index is 0.300. The van der Waals surface area contributed by atoms with Gasteiger partial charge in [0.25, 0.3) is 5.91 Å². The second kappa shape index (κ2) is 6.14. The van der Waals surface area contributed by atoms with E-state index in [0.29, 0.717) is 23.7 Å². The molecule has 128 valence electrons. The Bertz CT molecular complexity index is 717. The van der Waals surface area contributed by atoms with Crippen LogP contribution in [-0.4, -0.2) is 38.7 Å². The van der Waals surface area contributed by atoms with Crippen molar-refractivity contribution in [3.8, 4) is 17.2 Å². The summed E-state index contributed by atoms with van der Waals surface area (Å²) in [5, 5.41) is 2.25. The van der Waals surface area contributed by atoms with E-state index in [-0.39, 0.29) is 6.04 Å². The first-order chi connectivity index (χ1) is 11.5. The van der Waals surface area contributed by atoms with Crippen molar-refractivity contribution < 1.29 is 28.6 Å². The number of carbonyl (C=O) groups excluding carboxylic acids is 2. The molecule has 0 saturated carbocycles. The number of hydrogen-bond acceptors (Lipinski definition) is 7. The van der Waals surface area contributed by atoms with E-state index in [2.05, 4.69) is 10.8 Å². The van der Waals surface area contributed by atoms with Crippen LogP contribution >= 0.6 is 0 Å². The maximum absolute atomic E-state index is 12.2. The molecule has 24 heavy (non-hydrogen) atoms. The van der Waals surface area contributed by atoms with Gasteiger partial charge in [-0.3, -0.25) is 19.7 Å². The molecule has 8 nitrogen and oxygen atoms in total. The Labute approximate surface area is 138 Å². The molecule has 1 unspecified atom stereocenters. The molecule has 0 aliphatic carbocycles. The summed E-state index contributed by atoms with van der Waals surface area (Å²) in [7, 11) is 4.59. The highest BCUT2D eigenvalue weighted by Crippen LogP contribution is 2.45. The van der Waals surface area contributed by atoms with Gasteiger partial charge < -0.3 is 14.2 Å². The molecule has 2 aliphatic rings. The van der Waals surface area contributed by atoms with Gasteiger partial charge in [0, 0.05) is 18.1 Å². The van der Waals surface area contributed by atoms with Gasteiger partial charge in [-0.25, -0.2) is 0 Å². The lowest BCUT2D eigenvalue weighted by Crippen LogP contribution is -2.50. The SMILES string of the molecule is COc1ccc(C2C[C@]3(C=CC(=O)NC3=O)ON2)c(OC)c1OC. The highest BCUT2D eigenvalue weighted by molar-refractivity contribution is 6.08. The number of hydroxylamine groups is 1. The van der Waals surface area contributed by atoms with E-state index in [4.69, 9.17) is 19.0 Å². The minimum Gasteiger partial charge on any atom is -0.493 e. The van der Waals surface area contributed by atoms with Gasteiger partial charge in [0.2, 0.25) is 11.7 Å². The summed E-state index contributed by atoms with van der Waals surface area (Å²) >= 11 is 0. The van der Waals surface area contributed by atoms with E-state index < -0.39 is 17.4 Å². The minimum atomic E-state index is -1.23. The van der Waals surface area contributed by atoms with Crippen molar-refractivity contribution in [3.63, 3.8) is 0 Å². The first kappa shape index (κ1) is 16.3. The van der Waals surface area contributed by atoms with Gasteiger partial charge in [-0.15, -0.1) is 0 Å². The molecule has 3 rings (SSSR count). The Balaban J connectivity index is 1.95. The predicted molar refractivity (Wildman–Crippen MR) is 82.7 cm³/mol. The number of amides is 2. The summed E-state index contributed by atoms with van der Waals surface area (Å²) in [5.74, 6) is 0.531. The molecular formula is C16H18N2O6. The fourth-order valence-corrected chi connectivity index (χ4v) is 2.92. The molecule has 2 amide bonds. The first-order valence-electron chi connectivity index (χ1n) is 7.31. The van der Waals surface area contributed by atoms with Gasteiger partial charge in [-0.1, -0.05) is 0 Å². The lowest BCUT2D eigenvalue weighted by Gasteiger charge is -2.24. The Kier molecular flexibility index (Phi) is 4.16. The molecule has 1 spiro atoms. The van der Waals surface area contributed by atoms with Crippen LogP contribution in [0.25, 0.3) is 0 Å². The molecule has 1 aromatic carbocycles. The molecule has 1 aromatic rings. The molecule has 2 N–H and O–H groups in total. The number of imide groups is 1. The number of nitrogens with one attached hydrogen (secondary N) is 2. The third-order valence-electron chi connectivity index (χ3n) is 4.13. The van der Waals surface area contributed by atoms with Crippen LogP contribution in [-0.2, 0) is 14.4 Å². The summed E-state index contributed by atoms with van der Waals surface area (Å²) in [6.07, 6.45) is 3.06. The predicted octanol–water partition coefficient (Wildman–Crippen LogP) is 0.630. The van der Waals surface area contributed by atoms with Crippen LogP contribution in [0.15, 0.2) is 24.3 Å². The van der Waals surface area contributed by atoms with Gasteiger partial charge in [-0.2, -0.15) is 5.48 Å². The molecule has 1 fully saturated rings. The molecule has 8 heteroatoms. The van der Waals surface area contributed by atoms with Crippen LogP contribution < -0.4 is 25.0 Å². The summed E-state index contributed by atoms with van der Waals surface area (Å²) < 4.78 is 16.1. The molecule has 0 radical (unpaired) electrons. The highest BCUT2D eigenvalue weighted by Gasteiger charge is 2.48. The van der Waals surface area contributed by atoms with E-state index in [1.807, 2.05) is 6.07 Å². The summed E-state index contributed by atoms with van der Waals surface area (Å²) in [4.78, 5) is 28.9. The monoisotopic (exact) mass is 334 g/mol. The fraction of sp³-hybridized carbons (Fsp3) is 0.375. The van der Waals surface area contributed by atoms with Crippen molar-refractivity contribution in [2.75, 3.05) is 21.3 Å². The van der Waals surface area contributed by atoms with Crippen LogP contribution in [0.3, 0.4) is 0 Å². The van der Waals surface area contributed by atoms with Crippen LogP contribution in [0.2, 0.25) is 0 Å². The van der Waals surface area contributed by atoms with Crippen LogP contribution in [0.5, 0.6) is 17.2 Å². The smallest absolute Gasteiger partial charge is 0.265 e. The molecule has 2 atom stereocenters. The third-order valence-corrected chi connectivity index (χ3v) is 4.13. The average Bonchev–Trinajstić information content (AvgIpc) is 3.02. The molecule has 2 aliphatic heterocycles. The fourth-order valence-electron chi connectivity index (χ4n) is 2.92. The molecule has 0 aromatic heterocycles. The number of carbonyl (C=O) groups is 2. The summed E-state index contributed by atoms with van der Waals surface area (Å²) in [6.45, 7) is 0. The zero-order chi connectivity index (χ0) is 17.3. The second-order valence-corrected chi connectivity index (χ2v) is 5.44. The van der Waals surface area contributed by atoms with Crippen molar-refractivity contribution in [2.24, 2.45) is 0 Å². The van der Waals surface area contributed by atoms with Gasteiger partial charge in [0.15, 0.2) is 17.1 Å². The van der Waals surface area contributed by atoms with Crippen molar-refractivity contribution in [2.45, 2.75) is 18.1 Å². The number of benzene rings is 1. The largest absolute Gasteiger partial charge is 0.493 e. The second-order valence-electron chi connectivity index (χ2n) is 5.44. The average molecular weight is 334 g/mol. The van der Waals surface area contributed by atoms with Crippen LogP contribution in [0, 0.1) is 0 Å². The standard InChI is InChI=1S/C16H18N2O6/c1-21-11-5-4-9(13(22-2)14(11)23-3)10-8-16(24-18-10)7-6-12(19)17-15(16)20/h4-7,10,18H,8H2,1-3H3,(H,17,19,20)/t10?,16-/m0/s1. The number of hydrogen-bond donors (Lipinski definition) is 2. The molecule has 2 heterocycles. The zero-order valence-electron chi connectivity index (χ0n) is 13.5. The van der Waals surface area contributed by atoms with Crippen molar-refractivity contribution >= 4 is 11.8 Å². The molecular weight excluding hydrogens is 316 g/mol. The Morgan fingerprint density at radius 1 is 1.12 bits per heavy atom. The van der Waals surface area contributed by atoms with Crippen LogP contribution in [0.1, 0.15) is 18.0 Å². The van der Waals surface area contributed by atoms with E-state index in [0.717, 1.165) is 5.56 Å². The normalized spacial score (nSPS) is 25.7. The number of ether oxygens (including phenoxy) is 3. The number of rotatable bonds is 4. The van der Waals surface area contributed by atoms with E-state index in [9.17, 15) is 9.59 Å². The van der Waals surface area contributed by atoms with Crippen molar-refractivity contribution in [3.05, 3.63) is 29.8 Å². The lowest BCUT2D eigenvalue weighted by molar-refractivity contribution is -0.145. The maximum Gasteiger partial charge on any atom is 0.265 e. The topological polar surface area (TPSA) is 95.1 Å². The molecule has 0 bridgehead atoms. The first-order valence-corrected chi connectivity index (χ1v) is 7.31. The van der Waals surface area contributed by atoms with Crippen LogP contribution in [0.4, 0.5) is 0 Å². The Hall–Kier alpha value is -2.58. The number of methoxy groups -OCH3 is 3. The van der Waals surface area contributed by atoms with Gasteiger partial charge >= 0.3 is 0 Å². The quantitative estimate of drug-likeness (QED) is 0.780. The maximum atomic E-state index is 12.2. The highest BCUT2D eigenvalue weighted by atomic mass is 16.7. The molecule has 1 saturated heterocycles. The Morgan fingerprint density at radius 3 is 2.50 bits per heavy atom. The zero-order valence-corrected chi connectivity index (χ0v) is 13.5.